The molecule has 2 rings (SSSR count). The molecule has 0 aliphatic carbocycles. The van der Waals surface area contributed by atoms with E-state index in [9.17, 15) is 0 Å². The normalized spacial score (nSPS) is 12.6. The first-order chi connectivity index (χ1) is 17.8. The minimum atomic E-state index is 0.774. The van der Waals surface area contributed by atoms with Gasteiger partial charge in [0.25, 0.3) is 0 Å². The molecule has 1 nitrogen and oxygen atoms in total. The molecule has 0 N–H and O–H groups in total. The molecule has 0 bridgehead atoms. The van der Waals surface area contributed by atoms with Gasteiger partial charge in [0, 0.05) is 35.5 Å². The predicted molar refractivity (Wildman–Crippen MR) is 164 cm³/mol. The third-order valence-electron chi connectivity index (χ3n) is 7.38. The first-order valence-electron chi connectivity index (χ1n) is 14.7. The Morgan fingerprint density at radius 1 is 0.568 bits per heavy atom. The molecule has 0 unspecified atom stereocenters. The summed E-state index contributed by atoms with van der Waals surface area (Å²) < 4.78 is 0. The largest absolute Gasteiger partial charge is 0.372 e. The summed E-state index contributed by atoms with van der Waals surface area (Å²) in [7, 11) is 0. The minimum Gasteiger partial charge on any atom is -0.372 e. The van der Waals surface area contributed by atoms with Crippen molar-refractivity contribution in [3.63, 3.8) is 0 Å². The molecular formula is C36H51N. The van der Waals surface area contributed by atoms with Crippen LogP contribution in [0, 0.1) is 47.9 Å². The van der Waals surface area contributed by atoms with Crippen molar-refractivity contribution in [3.05, 3.63) is 65.2 Å². The van der Waals surface area contributed by atoms with Crippen molar-refractivity contribution >= 4 is 5.69 Å². The molecule has 1 heteroatoms. The summed E-state index contributed by atoms with van der Waals surface area (Å²) in [4.78, 5) is 2.62. The summed E-state index contributed by atoms with van der Waals surface area (Å²) in [6.45, 7) is 16.5. The molecular weight excluding hydrogens is 446 g/mol. The Bertz CT molecular complexity index is 954. The van der Waals surface area contributed by atoms with Gasteiger partial charge in [-0.25, -0.2) is 0 Å². The maximum absolute atomic E-state index is 5.45. The van der Waals surface area contributed by atoms with E-state index in [1.54, 1.807) is 0 Å². The van der Waals surface area contributed by atoms with Crippen molar-refractivity contribution in [3.8, 4) is 24.2 Å². The van der Waals surface area contributed by atoms with E-state index in [0.29, 0.717) is 0 Å². The van der Waals surface area contributed by atoms with Gasteiger partial charge < -0.3 is 4.90 Å². The van der Waals surface area contributed by atoms with E-state index < -0.39 is 0 Å². The molecule has 0 radical (unpaired) electrons. The molecule has 37 heavy (non-hydrogen) atoms. The van der Waals surface area contributed by atoms with Crippen molar-refractivity contribution in [2.45, 2.75) is 92.9 Å². The number of hydrogen-bond donors (Lipinski definition) is 0. The smallest absolute Gasteiger partial charge is 0.0367 e. The number of benzene rings is 2. The van der Waals surface area contributed by atoms with E-state index in [4.69, 9.17) is 6.42 Å². The van der Waals surface area contributed by atoms with Gasteiger partial charge in [-0.2, -0.15) is 0 Å². The van der Waals surface area contributed by atoms with E-state index in [1.165, 1.54) is 57.1 Å². The number of terminal acetylenes is 1. The maximum atomic E-state index is 5.45. The molecule has 2 aromatic carbocycles. The zero-order valence-corrected chi connectivity index (χ0v) is 24.5. The standard InChI is InChI=1S/C36H51N/c1-8-33-15-17-34(18-16-33)19-20-35-21-23-36(24-22-35)37(27-25-31(6)13-9-11-29(2)3)28-26-32(7)14-10-12-30(4)5/h1,15-18,21-24,29-32H,9-14,25-28H2,2-7H3/t31-,32-/m0/s1. The fourth-order valence-electron chi connectivity index (χ4n) is 4.71. The van der Waals surface area contributed by atoms with Gasteiger partial charge in [0.2, 0.25) is 0 Å². The third kappa shape index (κ3) is 12.9. The highest BCUT2D eigenvalue weighted by atomic mass is 15.1. The first kappa shape index (κ1) is 30.6. The topological polar surface area (TPSA) is 3.24 Å². The second-order valence-corrected chi connectivity index (χ2v) is 11.9. The molecule has 0 aliphatic rings. The molecule has 200 valence electrons. The van der Waals surface area contributed by atoms with Gasteiger partial charge in [0.1, 0.15) is 0 Å². The van der Waals surface area contributed by atoms with Crippen LogP contribution in [0.5, 0.6) is 0 Å². The van der Waals surface area contributed by atoms with Gasteiger partial charge in [-0.1, -0.05) is 97.8 Å². The average molecular weight is 498 g/mol. The maximum Gasteiger partial charge on any atom is 0.0367 e. The third-order valence-corrected chi connectivity index (χ3v) is 7.38. The highest BCUT2D eigenvalue weighted by molar-refractivity contribution is 5.52. The van der Waals surface area contributed by atoms with Crippen LogP contribution < -0.4 is 4.90 Å². The lowest BCUT2D eigenvalue weighted by molar-refractivity contribution is 0.420. The zero-order chi connectivity index (χ0) is 27.0. The molecule has 0 fully saturated rings. The van der Waals surface area contributed by atoms with Crippen LogP contribution in [0.1, 0.15) is 110 Å². The van der Waals surface area contributed by atoms with Crippen LogP contribution in [-0.2, 0) is 0 Å². The lowest BCUT2D eigenvalue weighted by atomic mass is 9.96. The number of rotatable bonds is 15. The summed E-state index contributed by atoms with van der Waals surface area (Å²) in [6, 6.07) is 16.7. The second kappa shape index (κ2) is 17.0. The van der Waals surface area contributed by atoms with E-state index >= 15 is 0 Å². The Morgan fingerprint density at radius 3 is 1.38 bits per heavy atom. The highest BCUT2D eigenvalue weighted by Crippen LogP contribution is 2.22. The Hall–Kier alpha value is -2.64. The van der Waals surface area contributed by atoms with Gasteiger partial charge in [0.15, 0.2) is 0 Å². The average Bonchev–Trinajstić information content (AvgIpc) is 2.88. The predicted octanol–water partition coefficient (Wildman–Crippen LogP) is 9.58. The van der Waals surface area contributed by atoms with Crippen LogP contribution in [0.25, 0.3) is 0 Å². The SMILES string of the molecule is C#Cc1ccc(C#Cc2ccc(N(CC[C@@H](C)CCCC(C)C)CC[C@@H](C)CCCC(C)C)cc2)cc1. The lowest BCUT2D eigenvalue weighted by Crippen LogP contribution is -2.28. The van der Waals surface area contributed by atoms with E-state index in [2.05, 4.69) is 88.5 Å². The van der Waals surface area contributed by atoms with E-state index in [-0.39, 0.29) is 0 Å². The molecule has 2 aromatic rings. The molecule has 0 heterocycles. The van der Waals surface area contributed by atoms with E-state index in [0.717, 1.165) is 53.5 Å². The van der Waals surface area contributed by atoms with Crippen molar-refractivity contribution in [2.75, 3.05) is 18.0 Å². The molecule has 0 aromatic heterocycles. The fraction of sp³-hybridized carbons (Fsp3) is 0.556. The number of nitrogens with zero attached hydrogens (tertiary/aromatic N) is 1. The van der Waals surface area contributed by atoms with Crippen molar-refractivity contribution in [1.29, 1.82) is 0 Å². The van der Waals surface area contributed by atoms with Crippen LogP contribution >= 0.6 is 0 Å². The minimum absolute atomic E-state index is 0.774. The lowest BCUT2D eigenvalue weighted by Gasteiger charge is -2.28. The highest BCUT2D eigenvalue weighted by Gasteiger charge is 2.12. The van der Waals surface area contributed by atoms with Gasteiger partial charge in [0.05, 0.1) is 0 Å². The fourth-order valence-corrected chi connectivity index (χ4v) is 4.71. The molecule has 2 atom stereocenters. The Balaban J connectivity index is 2.01. The van der Waals surface area contributed by atoms with Crippen molar-refractivity contribution in [1.82, 2.24) is 0 Å². The van der Waals surface area contributed by atoms with Crippen LogP contribution in [-0.4, -0.2) is 13.1 Å². The number of anilines is 1. The van der Waals surface area contributed by atoms with Gasteiger partial charge in [-0.3, -0.25) is 0 Å². The Labute approximate surface area is 229 Å². The zero-order valence-electron chi connectivity index (χ0n) is 24.5. The van der Waals surface area contributed by atoms with Gasteiger partial charge in [-0.15, -0.1) is 6.42 Å². The van der Waals surface area contributed by atoms with Crippen LogP contribution in [0.4, 0.5) is 5.69 Å². The van der Waals surface area contributed by atoms with Crippen LogP contribution in [0.15, 0.2) is 48.5 Å². The van der Waals surface area contributed by atoms with E-state index in [1.807, 2.05) is 24.3 Å². The van der Waals surface area contributed by atoms with Crippen LogP contribution in [0.3, 0.4) is 0 Å². The molecule has 0 saturated carbocycles. The first-order valence-corrected chi connectivity index (χ1v) is 14.7. The van der Waals surface area contributed by atoms with Gasteiger partial charge in [-0.05, 0) is 85.0 Å². The molecule has 0 saturated heterocycles. The molecule has 0 spiro atoms. The summed E-state index contributed by atoms with van der Waals surface area (Å²) >= 11 is 0. The van der Waals surface area contributed by atoms with Crippen molar-refractivity contribution < 1.29 is 0 Å². The monoisotopic (exact) mass is 497 g/mol. The molecule has 0 amide bonds. The summed E-state index contributed by atoms with van der Waals surface area (Å²) in [5, 5.41) is 0. The summed E-state index contributed by atoms with van der Waals surface area (Å²) in [6.07, 6.45) is 16.0. The quantitative estimate of drug-likeness (QED) is 0.221. The summed E-state index contributed by atoms with van der Waals surface area (Å²) in [5.74, 6) is 12.4. The second-order valence-electron chi connectivity index (χ2n) is 11.9. The Kier molecular flexibility index (Phi) is 14.0. The Morgan fingerprint density at radius 2 is 0.973 bits per heavy atom. The van der Waals surface area contributed by atoms with Gasteiger partial charge >= 0.3 is 0 Å². The van der Waals surface area contributed by atoms with Crippen molar-refractivity contribution in [2.24, 2.45) is 23.7 Å². The van der Waals surface area contributed by atoms with Crippen LogP contribution in [0.2, 0.25) is 0 Å². The summed E-state index contributed by atoms with van der Waals surface area (Å²) in [5.41, 5.74) is 4.25. The number of hydrogen-bond acceptors (Lipinski definition) is 1. The molecule has 0 aliphatic heterocycles.